The monoisotopic (exact) mass is 506 g/mol. The molecule has 4 rings (SSSR count). The number of hydrogen-bond donors (Lipinski definition) is 4. The van der Waals surface area contributed by atoms with Crippen molar-refractivity contribution in [1.82, 2.24) is 14.7 Å². The molecule has 1 aliphatic rings. The molecule has 35 heavy (non-hydrogen) atoms. The van der Waals surface area contributed by atoms with E-state index in [0.717, 1.165) is 5.56 Å². The van der Waals surface area contributed by atoms with Gasteiger partial charge in [0.2, 0.25) is 21.9 Å². The molecule has 0 fully saturated rings. The summed E-state index contributed by atoms with van der Waals surface area (Å²) >= 11 is 0. The van der Waals surface area contributed by atoms with Crippen molar-refractivity contribution in [2.24, 2.45) is 0 Å². The molecule has 0 spiro atoms. The Morgan fingerprint density at radius 3 is 2.57 bits per heavy atom. The molecule has 0 bridgehead atoms. The maximum Gasteiger partial charge on any atom is 0.421 e. The Kier molecular flexibility index (Phi) is 6.63. The van der Waals surface area contributed by atoms with Gasteiger partial charge in [0.15, 0.2) is 0 Å². The van der Waals surface area contributed by atoms with Gasteiger partial charge in [-0.25, -0.2) is 18.1 Å². The Balaban J connectivity index is 1.64. The number of aromatic nitrogens is 2. The van der Waals surface area contributed by atoms with Gasteiger partial charge in [0.25, 0.3) is 0 Å². The first-order valence-electron chi connectivity index (χ1n) is 10.6. The van der Waals surface area contributed by atoms with E-state index in [2.05, 4.69) is 30.6 Å². The van der Waals surface area contributed by atoms with E-state index < -0.39 is 27.6 Å². The highest BCUT2D eigenvalue weighted by atomic mass is 32.2. The van der Waals surface area contributed by atoms with Crippen LogP contribution >= 0.6 is 0 Å². The Bertz CT molecular complexity index is 1380. The molecule has 0 atom stereocenters. The molecule has 13 heteroatoms. The van der Waals surface area contributed by atoms with Crippen LogP contribution in [0.3, 0.4) is 0 Å². The highest BCUT2D eigenvalue weighted by Crippen LogP contribution is 2.36. The number of halogens is 3. The van der Waals surface area contributed by atoms with Gasteiger partial charge >= 0.3 is 6.18 Å². The second kappa shape index (κ2) is 9.50. The molecule has 0 saturated heterocycles. The Hall–Kier alpha value is -3.71. The van der Waals surface area contributed by atoms with Crippen molar-refractivity contribution in [3.63, 3.8) is 0 Å². The third kappa shape index (κ3) is 5.69. The van der Waals surface area contributed by atoms with Crippen LogP contribution in [0.5, 0.6) is 0 Å². The second-order valence-corrected chi connectivity index (χ2v) is 9.42. The van der Waals surface area contributed by atoms with E-state index in [0.29, 0.717) is 24.0 Å². The van der Waals surface area contributed by atoms with Crippen LogP contribution < -0.4 is 20.7 Å². The molecule has 1 amide bonds. The van der Waals surface area contributed by atoms with Gasteiger partial charge in [0, 0.05) is 36.2 Å². The Morgan fingerprint density at radius 2 is 1.83 bits per heavy atom. The van der Waals surface area contributed by atoms with Crippen molar-refractivity contribution < 1.29 is 26.4 Å². The quantitative estimate of drug-likeness (QED) is 0.379. The maximum atomic E-state index is 13.6. The van der Waals surface area contributed by atoms with Crippen LogP contribution in [-0.2, 0) is 27.4 Å². The summed E-state index contributed by atoms with van der Waals surface area (Å²) in [6, 6.07) is 10.5. The number of carbonyl (C=O) groups excluding carboxylic acids is 1. The van der Waals surface area contributed by atoms with E-state index in [1.165, 1.54) is 30.3 Å². The normalized spacial score (nSPS) is 13.7. The fourth-order valence-electron chi connectivity index (χ4n) is 3.49. The molecule has 4 N–H and O–H groups in total. The number of fused-ring (bicyclic) bond motifs is 1. The summed E-state index contributed by atoms with van der Waals surface area (Å²) < 4.78 is 67.7. The van der Waals surface area contributed by atoms with Gasteiger partial charge in [-0.2, -0.15) is 18.2 Å². The van der Waals surface area contributed by atoms with Gasteiger partial charge in [-0.3, -0.25) is 4.79 Å². The largest absolute Gasteiger partial charge is 0.421 e. The predicted molar refractivity (Wildman–Crippen MR) is 124 cm³/mol. The zero-order valence-corrected chi connectivity index (χ0v) is 19.2. The van der Waals surface area contributed by atoms with Gasteiger partial charge in [-0.1, -0.05) is 13.0 Å². The van der Waals surface area contributed by atoms with Crippen LogP contribution in [0.1, 0.15) is 24.5 Å². The van der Waals surface area contributed by atoms with E-state index in [9.17, 15) is 26.4 Å². The van der Waals surface area contributed by atoms with Crippen LogP contribution in [0.2, 0.25) is 0 Å². The van der Waals surface area contributed by atoms with Crippen LogP contribution in [0.4, 0.5) is 42.0 Å². The minimum absolute atomic E-state index is 0.0178. The number of aryl methyl sites for hydroxylation is 1. The third-order valence-electron chi connectivity index (χ3n) is 5.09. The average molecular weight is 507 g/mol. The number of amides is 1. The van der Waals surface area contributed by atoms with Gasteiger partial charge < -0.3 is 16.0 Å². The topological polar surface area (TPSA) is 125 Å². The zero-order valence-electron chi connectivity index (χ0n) is 18.4. The first kappa shape index (κ1) is 24.4. The van der Waals surface area contributed by atoms with Crippen molar-refractivity contribution in [3.8, 4) is 0 Å². The van der Waals surface area contributed by atoms with Gasteiger partial charge in [0.1, 0.15) is 11.4 Å². The number of nitrogens with one attached hydrogen (secondary N) is 4. The SMILES string of the molecule is CCNS(=O)(=O)c1cccc(Nc2ncc(C(F)(F)F)c(Nc3ccc4c(c3)CCC(=O)N4)n2)c1. The van der Waals surface area contributed by atoms with E-state index in [-0.39, 0.29) is 35.4 Å². The number of rotatable bonds is 7. The van der Waals surface area contributed by atoms with Gasteiger partial charge in [0.05, 0.1) is 4.90 Å². The van der Waals surface area contributed by atoms with Crippen molar-refractivity contribution in [2.75, 3.05) is 22.5 Å². The molecule has 1 aromatic heterocycles. The summed E-state index contributed by atoms with van der Waals surface area (Å²) in [7, 11) is -3.73. The summed E-state index contributed by atoms with van der Waals surface area (Å²) in [5, 5.41) is 8.15. The first-order chi connectivity index (χ1) is 16.5. The number of alkyl halides is 3. The Labute approximate surface area is 199 Å². The molecule has 0 aliphatic carbocycles. The van der Waals surface area contributed by atoms with E-state index in [1.807, 2.05) is 0 Å². The highest BCUT2D eigenvalue weighted by molar-refractivity contribution is 7.89. The third-order valence-corrected chi connectivity index (χ3v) is 6.64. The van der Waals surface area contributed by atoms with Crippen molar-refractivity contribution in [3.05, 3.63) is 59.8 Å². The predicted octanol–water partition coefficient (Wildman–Crippen LogP) is 4.17. The summed E-state index contributed by atoms with van der Waals surface area (Å²) in [4.78, 5) is 19.3. The molecule has 9 nitrogen and oxygen atoms in total. The summed E-state index contributed by atoms with van der Waals surface area (Å²) in [5.74, 6) is -0.763. The number of nitrogens with zero attached hydrogens (tertiary/aromatic N) is 2. The number of sulfonamides is 1. The molecular formula is C22H21F3N6O3S. The first-order valence-corrected chi connectivity index (χ1v) is 12.0. The fraction of sp³-hybridized carbons (Fsp3) is 0.227. The second-order valence-electron chi connectivity index (χ2n) is 7.65. The lowest BCUT2D eigenvalue weighted by atomic mass is 10.0. The molecule has 0 radical (unpaired) electrons. The van der Waals surface area contributed by atoms with Crippen molar-refractivity contribution >= 4 is 44.8 Å². The number of hydrogen-bond acceptors (Lipinski definition) is 7. The molecule has 1 aliphatic heterocycles. The van der Waals surface area contributed by atoms with Crippen molar-refractivity contribution in [1.29, 1.82) is 0 Å². The highest BCUT2D eigenvalue weighted by Gasteiger charge is 2.35. The summed E-state index contributed by atoms with van der Waals surface area (Å²) in [6.07, 6.45) is -3.32. The van der Waals surface area contributed by atoms with E-state index >= 15 is 0 Å². The molecular weight excluding hydrogens is 485 g/mol. The molecule has 0 unspecified atom stereocenters. The number of carbonyl (C=O) groups is 1. The van der Waals surface area contributed by atoms with Gasteiger partial charge in [-0.05, 0) is 48.4 Å². The van der Waals surface area contributed by atoms with E-state index in [4.69, 9.17) is 0 Å². The maximum absolute atomic E-state index is 13.6. The van der Waals surface area contributed by atoms with Crippen LogP contribution in [0.15, 0.2) is 53.6 Å². The minimum atomic E-state index is -4.72. The zero-order chi connectivity index (χ0) is 25.2. The summed E-state index contributed by atoms with van der Waals surface area (Å²) in [5.41, 5.74) is 0.958. The lowest BCUT2D eigenvalue weighted by molar-refractivity contribution is -0.137. The van der Waals surface area contributed by atoms with Crippen LogP contribution in [0, 0.1) is 0 Å². The van der Waals surface area contributed by atoms with E-state index in [1.54, 1.807) is 19.1 Å². The molecule has 184 valence electrons. The smallest absolute Gasteiger partial charge is 0.340 e. The molecule has 3 aromatic rings. The van der Waals surface area contributed by atoms with Gasteiger partial charge in [-0.15, -0.1) is 0 Å². The molecule has 0 saturated carbocycles. The molecule has 2 heterocycles. The average Bonchev–Trinajstić information content (AvgIpc) is 2.79. The van der Waals surface area contributed by atoms with Crippen LogP contribution in [0.25, 0.3) is 0 Å². The van der Waals surface area contributed by atoms with Crippen LogP contribution in [-0.4, -0.2) is 30.8 Å². The van der Waals surface area contributed by atoms with Crippen molar-refractivity contribution in [2.45, 2.75) is 30.8 Å². The number of benzene rings is 2. The lowest BCUT2D eigenvalue weighted by Crippen LogP contribution is -2.23. The fourth-order valence-corrected chi connectivity index (χ4v) is 4.57. The minimum Gasteiger partial charge on any atom is -0.340 e. The summed E-state index contributed by atoms with van der Waals surface area (Å²) in [6.45, 7) is 1.84. The molecule has 2 aromatic carbocycles. The lowest BCUT2D eigenvalue weighted by Gasteiger charge is -2.19. The Morgan fingerprint density at radius 1 is 1.06 bits per heavy atom. The standard InChI is InChI=1S/C22H21F3N6O3S/c1-2-27-35(33,34)16-5-3-4-14(11-16)29-21-26-12-17(22(23,24)25)20(31-21)28-15-7-8-18-13(10-15)6-9-19(32)30-18/h3-5,7-8,10-12,27H,2,6,9H2,1H3,(H,30,32)(H2,26,28,29,31). The number of anilines is 5.